The summed E-state index contributed by atoms with van der Waals surface area (Å²) >= 11 is 0. The maximum atomic E-state index is 12.9. The van der Waals surface area contributed by atoms with Crippen molar-refractivity contribution >= 4 is 17.9 Å². The largest absolute Gasteiger partial charge is 0.462 e. The summed E-state index contributed by atoms with van der Waals surface area (Å²) in [5.41, 5.74) is 0. The number of unbranched alkanes of at least 4 members (excludes halogenated alkanes) is 32. The van der Waals surface area contributed by atoms with Gasteiger partial charge in [-0.05, 0) is 109 Å². The van der Waals surface area contributed by atoms with Gasteiger partial charge in [0.05, 0.1) is 0 Å². The van der Waals surface area contributed by atoms with Crippen molar-refractivity contribution in [3.05, 3.63) is 109 Å². The lowest BCUT2D eigenvalue weighted by Crippen LogP contribution is -2.30. The highest BCUT2D eigenvalue weighted by Crippen LogP contribution is 2.16. The number of hydrogen-bond donors (Lipinski definition) is 0. The lowest BCUT2D eigenvalue weighted by molar-refractivity contribution is -0.167. The van der Waals surface area contributed by atoms with E-state index in [0.717, 1.165) is 109 Å². The smallest absolute Gasteiger partial charge is 0.306 e. The molecule has 0 heterocycles. The molecule has 0 saturated heterocycles. The monoisotopic (exact) mass is 1110 g/mol. The van der Waals surface area contributed by atoms with E-state index < -0.39 is 6.10 Å². The Morgan fingerprint density at radius 1 is 0.263 bits per heavy atom. The lowest BCUT2D eigenvalue weighted by Gasteiger charge is -2.18. The van der Waals surface area contributed by atoms with Gasteiger partial charge in [0.15, 0.2) is 6.10 Å². The van der Waals surface area contributed by atoms with Gasteiger partial charge in [-0.1, -0.05) is 304 Å². The minimum Gasteiger partial charge on any atom is -0.462 e. The van der Waals surface area contributed by atoms with Crippen LogP contribution < -0.4 is 0 Å². The average Bonchev–Trinajstić information content (AvgIpc) is 3.46. The first kappa shape index (κ1) is 76.1. The van der Waals surface area contributed by atoms with Crippen LogP contribution in [0.4, 0.5) is 0 Å². The molecule has 0 aromatic rings. The summed E-state index contributed by atoms with van der Waals surface area (Å²) in [6.07, 6.45) is 92.4. The molecule has 80 heavy (non-hydrogen) atoms. The fraction of sp³-hybridized carbons (Fsp3) is 0.716. The van der Waals surface area contributed by atoms with Crippen molar-refractivity contribution in [2.45, 2.75) is 329 Å². The normalized spacial score (nSPS) is 12.8. The number of rotatable bonds is 61. The molecule has 0 fully saturated rings. The van der Waals surface area contributed by atoms with E-state index in [4.69, 9.17) is 14.2 Å². The Bertz CT molecular complexity index is 1610. The number of hydrogen-bond acceptors (Lipinski definition) is 6. The molecule has 1 atom stereocenters. The van der Waals surface area contributed by atoms with Gasteiger partial charge in [-0.25, -0.2) is 0 Å². The summed E-state index contributed by atoms with van der Waals surface area (Å²) in [5, 5.41) is 0. The average molecular weight is 1110 g/mol. The summed E-state index contributed by atoms with van der Waals surface area (Å²) in [7, 11) is 0. The first-order valence-electron chi connectivity index (χ1n) is 33.9. The first-order chi connectivity index (χ1) is 39.5. The zero-order valence-electron chi connectivity index (χ0n) is 52.6. The Kier molecular flexibility index (Phi) is 64.3. The number of allylic oxidation sites excluding steroid dienone is 18. The Balaban J connectivity index is 4.42. The maximum Gasteiger partial charge on any atom is 0.306 e. The molecule has 0 aliphatic carbocycles. The van der Waals surface area contributed by atoms with Crippen molar-refractivity contribution in [1.82, 2.24) is 0 Å². The zero-order chi connectivity index (χ0) is 57.8. The van der Waals surface area contributed by atoms with Crippen LogP contribution in [0.2, 0.25) is 0 Å². The van der Waals surface area contributed by atoms with Crippen LogP contribution in [0.3, 0.4) is 0 Å². The highest BCUT2D eigenvalue weighted by atomic mass is 16.6. The van der Waals surface area contributed by atoms with Crippen molar-refractivity contribution in [2.24, 2.45) is 0 Å². The third-order valence-electron chi connectivity index (χ3n) is 14.5. The van der Waals surface area contributed by atoms with Crippen LogP contribution in [0.15, 0.2) is 109 Å². The fourth-order valence-corrected chi connectivity index (χ4v) is 9.45. The Labute approximate surface area is 495 Å². The molecule has 0 radical (unpaired) electrons. The minimum absolute atomic E-state index is 0.0906. The third kappa shape index (κ3) is 64.9. The number of carbonyl (C=O) groups is 3. The van der Waals surface area contributed by atoms with E-state index in [-0.39, 0.29) is 31.1 Å². The molecule has 0 saturated carbocycles. The molecular formula is C74H126O6. The SMILES string of the molecule is CC/C=C\C/C=C\C/C=C\C/C=C\C/C=C\C/C=C\C/C=C\C/C=C\CCCCC(=O)OCC(COC(=O)CCCCCCCCCCCCCCCC)OC(=O)CCCCCCCCCCC/C=C\CCCCCCCCCC. The van der Waals surface area contributed by atoms with Gasteiger partial charge in [0.1, 0.15) is 13.2 Å². The van der Waals surface area contributed by atoms with Gasteiger partial charge in [-0.15, -0.1) is 0 Å². The second-order valence-electron chi connectivity index (χ2n) is 22.4. The molecular weight excluding hydrogens is 985 g/mol. The van der Waals surface area contributed by atoms with E-state index in [1.165, 1.54) is 173 Å². The van der Waals surface area contributed by atoms with Crippen LogP contribution in [0.1, 0.15) is 323 Å². The standard InChI is InChI=1S/C74H126O6/c1-4-7-10-13-16-19-22-25-28-30-32-34-35-36-37-38-39-41-42-44-46-49-52-55-58-61-64-67-73(76)79-70-71(69-78-72(75)66-63-60-57-54-51-48-27-24-21-18-15-12-9-6-3)80-74(77)68-65-62-59-56-53-50-47-45-43-40-33-31-29-26-23-20-17-14-11-8-5-2/h7,10,16,19,25,28,31-34,36-37,39,41,44,46,52,55,71H,4-6,8-9,11-15,17-18,20-24,26-27,29-30,35,38,40,42-43,45,47-51,53-54,56-70H2,1-3H3/b10-7-,19-16-,28-25-,33-31-,34-32-,37-36-,41-39-,46-44-,55-52-. The summed E-state index contributed by atoms with van der Waals surface area (Å²) < 4.78 is 16.9. The van der Waals surface area contributed by atoms with E-state index >= 15 is 0 Å². The van der Waals surface area contributed by atoms with Crippen molar-refractivity contribution in [2.75, 3.05) is 13.2 Å². The van der Waals surface area contributed by atoms with Crippen molar-refractivity contribution in [3.8, 4) is 0 Å². The number of esters is 3. The Morgan fingerprint density at radius 2 is 0.487 bits per heavy atom. The van der Waals surface area contributed by atoms with Crippen molar-refractivity contribution in [3.63, 3.8) is 0 Å². The highest BCUT2D eigenvalue weighted by molar-refractivity contribution is 5.71. The van der Waals surface area contributed by atoms with E-state index in [2.05, 4.69) is 130 Å². The predicted molar refractivity (Wildman–Crippen MR) is 348 cm³/mol. The van der Waals surface area contributed by atoms with Gasteiger partial charge in [0.25, 0.3) is 0 Å². The molecule has 0 N–H and O–H groups in total. The molecule has 6 heteroatoms. The summed E-state index contributed by atoms with van der Waals surface area (Å²) in [5.74, 6) is -0.926. The summed E-state index contributed by atoms with van der Waals surface area (Å²) in [6.45, 7) is 6.52. The number of carbonyl (C=O) groups excluding carboxylic acids is 3. The van der Waals surface area contributed by atoms with E-state index in [1.54, 1.807) is 0 Å². The third-order valence-corrected chi connectivity index (χ3v) is 14.5. The fourth-order valence-electron chi connectivity index (χ4n) is 9.45. The molecule has 458 valence electrons. The number of ether oxygens (including phenoxy) is 3. The quantitative estimate of drug-likeness (QED) is 0.0261. The molecule has 6 nitrogen and oxygen atoms in total. The van der Waals surface area contributed by atoms with Gasteiger partial charge >= 0.3 is 17.9 Å². The molecule has 0 spiro atoms. The Hall–Kier alpha value is -3.93. The maximum absolute atomic E-state index is 12.9. The second-order valence-corrected chi connectivity index (χ2v) is 22.4. The highest BCUT2D eigenvalue weighted by Gasteiger charge is 2.19. The van der Waals surface area contributed by atoms with Gasteiger partial charge in [0.2, 0.25) is 0 Å². The zero-order valence-corrected chi connectivity index (χ0v) is 52.6. The van der Waals surface area contributed by atoms with E-state index in [9.17, 15) is 14.4 Å². The van der Waals surface area contributed by atoms with Gasteiger partial charge in [0, 0.05) is 19.3 Å². The molecule has 0 amide bonds. The van der Waals surface area contributed by atoms with Crippen LogP contribution in [0.5, 0.6) is 0 Å². The van der Waals surface area contributed by atoms with Crippen LogP contribution in [-0.2, 0) is 28.6 Å². The molecule has 0 aromatic heterocycles. The molecule has 0 aliphatic heterocycles. The predicted octanol–water partition coefficient (Wildman–Crippen LogP) is 23.4. The van der Waals surface area contributed by atoms with Crippen LogP contribution in [0, 0.1) is 0 Å². The van der Waals surface area contributed by atoms with Crippen LogP contribution in [-0.4, -0.2) is 37.2 Å². The van der Waals surface area contributed by atoms with Gasteiger partial charge in [-0.3, -0.25) is 14.4 Å². The minimum atomic E-state index is -0.799. The lowest BCUT2D eigenvalue weighted by atomic mass is 10.0. The van der Waals surface area contributed by atoms with Crippen molar-refractivity contribution in [1.29, 1.82) is 0 Å². The van der Waals surface area contributed by atoms with Crippen molar-refractivity contribution < 1.29 is 28.6 Å². The van der Waals surface area contributed by atoms with Gasteiger partial charge in [-0.2, -0.15) is 0 Å². The Morgan fingerprint density at radius 3 is 0.800 bits per heavy atom. The molecule has 0 aliphatic rings. The van der Waals surface area contributed by atoms with Crippen LogP contribution in [0.25, 0.3) is 0 Å². The van der Waals surface area contributed by atoms with E-state index in [1.807, 2.05) is 0 Å². The van der Waals surface area contributed by atoms with E-state index in [0.29, 0.717) is 19.3 Å². The summed E-state index contributed by atoms with van der Waals surface area (Å²) in [6, 6.07) is 0. The topological polar surface area (TPSA) is 78.9 Å². The van der Waals surface area contributed by atoms with Gasteiger partial charge < -0.3 is 14.2 Å². The molecule has 1 unspecified atom stereocenters. The second kappa shape index (κ2) is 67.6. The van der Waals surface area contributed by atoms with Crippen LogP contribution >= 0.6 is 0 Å². The molecule has 0 aromatic carbocycles. The summed E-state index contributed by atoms with van der Waals surface area (Å²) in [4.78, 5) is 38.4. The molecule has 0 bridgehead atoms. The first-order valence-corrected chi connectivity index (χ1v) is 33.9. The molecule has 0 rings (SSSR count).